The minimum Gasteiger partial charge on any atom is -0.381 e. The third-order valence-corrected chi connectivity index (χ3v) is 3.36. The van der Waals surface area contributed by atoms with Crippen molar-refractivity contribution in [2.24, 2.45) is 0 Å². The molecule has 19 heavy (non-hydrogen) atoms. The highest BCUT2D eigenvalue weighted by atomic mass is 35.5. The maximum absolute atomic E-state index is 13.4. The molecule has 0 radical (unpaired) electrons. The Hall–Kier alpha value is -1.54. The molecule has 0 fully saturated rings. The van der Waals surface area contributed by atoms with Crippen molar-refractivity contribution in [2.45, 2.75) is 26.3 Å². The van der Waals surface area contributed by atoms with Gasteiger partial charge < -0.3 is 5.32 Å². The second-order valence-corrected chi connectivity index (χ2v) is 5.25. The number of para-hydroxylation sites is 1. The van der Waals surface area contributed by atoms with Gasteiger partial charge in [-0.05, 0) is 35.2 Å². The minimum atomic E-state index is -0.377. The Morgan fingerprint density at radius 1 is 1.16 bits per heavy atom. The van der Waals surface area contributed by atoms with Crippen molar-refractivity contribution < 1.29 is 4.39 Å². The summed E-state index contributed by atoms with van der Waals surface area (Å²) < 4.78 is 13.4. The Kier molecular flexibility index (Phi) is 4.43. The van der Waals surface area contributed by atoms with Gasteiger partial charge in [-0.25, -0.2) is 4.39 Å². The van der Waals surface area contributed by atoms with Gasteiger partial charge in [-0.1, -0.05) is 49.7 Å². The standard InChI is InChI=1S/C16H17ClFN/c1-11(2)13-5-3-4-6-16(13)19-10-12-7-8-14(17)15(18)9-12/h3-9,11,19H,10H2,1-2H3. The summed E-state index contributed by atoms with van der Waals surface area (Å²) >= 11 is 5.67. The van der Waals surface area contributed by atoms with Crippen LogP contribution in [-0.4, -0.2) is 0 Å². The number of benzene rings is 2. The van der Waals surface area contributed by atoms with E-state index in [-0.39, 0.29) is 10.8 Å². The molecule has 1 nitrogen and oxygen atoms in total. The average molecular weight is 278 g/mol. The van der Waals surface area contributed by atoms with Gasteiger partial charge in [-0.2, -0.15) is 0 Å². The van der Waals surface area contributed by atoms with Gasteiger partial charge in [0, 0.05) is 12.2 Å². The zero-order valence-electron chi connectivity index (χ0n) is 11.1. The van der Waals surface area contributed by atoms with Gasteiger partial charge in [0.25, 0.3) is 0 Å². The van der Waals surface area contributed by atoms with Crippen LogP contribution in [-0.2, 0) is 6.54 Å². The van der Waals surface area contributed by atoms with E-state index in [1.165, 1.54) is 11.6 Å². The fourth-order valence-electron chi connectivity index (χ4n) is 2.01. The molecular formula is C16H17ClFN. The molecule has 0 unspecified atom stereocenters. The first-order chi connectivity index (χ1) is 9.08. The number of rotatable bonds is 4. The van der Waals surface area contributed by atoms with Gasteiger partial charge in [0.05, 0.1) is 5.02 Å². The molecule has 0 saturated carbocycles. The van der Waals surface area contributed by atoms with Gasteiger partial charge >= 0.3 is 0 Å². The Balaban J connectivity index is 2.12. The van der Waals surface area contributed by atoms with Crippen LogP contribution in [0.1, 0.15) is 30.9 Å². The van der Waals surface area contributed by atoms with E-state index in [9.17, 15) is 4.39 Å². The molecule has 0 aromatic heterocycles. The van der Waals surface area contributed by atoms with Crippen molar-refractivity contribution in [1.82, 2.24) is 0 Å². The first-order valence-electron chi connectivity index (χ1n) is 6.34. The Morgan fingerprint density at radius 3 is 2.58 bits per heavy atom. The van der Waals surface area contributed by atoms with Crippen LogP contribution in [0.25, 0.3) is 0 Å². The summed E-state index contributed by atoms with van der Waals surface area (Å²) in [6.07, 6.45) is 0. The van der Waals surface area contributed by atoms with Gasteiger partial charge in [0.2, 0.25) is 0 Å². The van der Waals surface area contributed by atoms with Crippen molar-refractivity contribution in [3.05, 3.63) is 64.4 Å². The summed E-state index contributed by atoms with van der Waals surface area (Å²) in [5.41, 5.74) is 3.23. The third-order valence-electron chi connectivity index (χ3n) is 3.05. The van der Waals surface area contributed by atoms with E-state index in [0.29, 0.717) is 12.5 Å². The molecule has 2 rings (SSSR count). The zero-order valence-corrected chi connectivity index (χ0v) is 11.8. The summed E-state index contributed by atoms with van der Waals surface area (Å²) in [6, 6.07) is 13.1. The first-order valence-corrected chi connectivity index (χ1v) is 6.72. The van der Waals surface area contributed by atoms with Crippen LogP contribution in [0, 0.1) is 5.82 Å². The molecular weight excluding hydrogens is 261 g/mol. The van der Waals surface area contributed by atoms with Gasteiger partial charge in [0.15, 0.2) is 0 Å². The number of hydrogen-bond donors (Lipinski definition) is 1. The fourth-order valence-corrected chi connectivity index (χ4v) is 2.13. The van der Waals surface area contributed by atoms with Crippen molar-refractivity contribution >= 4 is 17.3 Å². The smallest absolute Gasteiger partial charge is 0.142 e. The van der Waals surface area contributed by atoms with Crippen LogP contribution >= 0.6 is 11.6 Å². The molecule has 0 bridgehead atoms. The Bertz CT molecular complexity index is 566. The van der Waals surface area contributed by atoms with Crippen molar-refractivity contribution in [3.8, 4) is 0 Å². The lowest BCUT2D eigenvalue weighted by Crippen LogP contribution is -2.03. The van der Waals surface area contributed by atoms with Gasteiger partial charge in [-0.15, -0.1) is 0 Å². The average Bonchev–Trinajstić information content (AvgIpc) is 2.40. The molecule has 0 aliphatic carbocycles. The quantitative estimate of drug-likeness (QED) is 0.808. The topological polar surface area (TPSA) is 12.0 Å². The molecule has 0 heterocycles. The van der Waals surface area contributed by atoms with Crippen molar-refractivity contribution in [1.29, 1.82) is 0 Å². The van der Waals surface area contributed by atoms with Crippen LogP contribution in [0.4, 0.5) is 10.1 Å². The summed E-state index contributed by atoms with van der Waals surface area (Å²) in [4.78, 5) is 0. The lowest BCUT2D eigenvalue weighted by molar-refractivity contribution is 0.626. The molecule has 2 aromatic carbocycles. The molecule has 0 spiro atoms. The van der Waals surface area contributed by atoms with E-state index in [1.807, 2.05) is 24.3 Å². The molecule has 3 heteroatoms. The Morgan fingerprint density at radius 2 is 1.89 bits per heavy atom. The normalized spacial score (nSPS) is 10.8. The molecule has 0 saturated heterocycles. The summed E-state index contributed by atoms with van der Waals surface area (Å²) in [5, 5.41) is 3.51. The van der Waals surface area contributed by atoms with Crippen molar-refractivity contribution in [3.63, 3.8) is 0 Å². The molecule has 0 aliphatic rings. The monoisotopic (exact) mass is 277 g/mol. The fraction of sp³-hybridized carbons (Fsp3) is 0.250. The van der Waals surface area contributed by atoms with Crippen LogP contribution in [0.5, 0.6) is 0 Å². The number of hydrogen-bond acceptors (Lipinski definition) is 1. The van der Waals surface area contributed by atoms with Crippen LogP contribution < -0.4 is 5.32 Å². The summed E-state index contributed by atoms with van der Waals surface area (Å²) in [6.45, 7) is 4.89. The molecule has 100 valence electrons. The van der Waals surface area contributed by atoms with Gasteiger partial charge in [-0.3, -0.25) is 0 Å². The summed E-state index contributed by atoms with van der Waals surface area (Å²) in [5.74, 6) is 0.0729. The van der Waals surface area contributed by atoms with E-state index >= 15 is 0 Å². The van der Waals surface area contributed by atoms with Crippen molar-refractivity contribution in [2.75, 3.05) is 5.32 Å². The molecule has 0 amide bonds. The maximum Gasteiger partial charge on any atom is 0.142 e. The molecule has 2 aromatic rings. The summed E-state index contributed by atoms with van der Waals surface area (Å²) in [7, 11) is 0. The molecule has 0 atom stereocenters. The van der Waals surface area contributed by atoms with Crippen LogP contribution in [0.2, 0.25) is 5.02 Å². The lowest BCUT2D eigenvalue weighted by Gasteiger charge is -2.14. The second kappa shape index (κ2) is 6.07. The third kappa shape index (κ3) is 3.48. The minimum absolute atomic E-state index is 0.159. The highest BCUT2D eigenvalue weighted by molar-refractivity contribution is 6.30. The predicted octanol–water partition coefficient (Wildman–Crippen LogP) is 5.21. The SMILES string of the molecule is CC(C)c1ccccc1NCc1ccc(Cl)c(F)c1. The van der Waals surface area contributed by atoms with E-state index in [4.69, 9.17) is 11.6 Å². The highest BCUT2D eigenvalue weighted by Crippen LogP contribution is 2.24. The van der Waals surface area contributed by atoms with Crippen LogP contribution in [0.15, 0.2) is 42.5 Å². The highest BCUT2D eigenvalue weighted by Gasteiger charge is 2.06. The van der Waals surface area contributed by atoms with Gasteiger partial charge in [0.1, 0.15) is 5.82 Å². The molecule has 0 aliphatic heterocycles. The number of nitrogens with one attached hydrogen (secondary N) is 1. The Labute approximate surface area is 118 Å². The van der Waals surface area contributed by atoms with E-state index in [2.05, 4.69) is 25.2 Å². The predicted molar refractivity (Wildman–Crippen MR) is 79.3 cm³/mol. The van der Waals surface area contributed by atoms with E-state index in [1.54, 1.807) is 6.07 Å². The number of anilines is 1. The largest absolute Gasteiger partial charge is 0.381 e. The van der Waals surface area contributed by atoms with Crippen LogP contribution in [0.3, 0.4) is 0 Å². The first kappa shape index (κ1) is 13.9. The zero-order chi connectivity index (χ0) is 13.8. The molecule has 1 N–H and O–H groups in total. The van der Waals surface area contributed by atoms with E-state index in [0.717, 1.165) is 11.3 Å². The lowest BCUT2D eigenvalue weighted by atomic mass is 10.0. The maximum atomic E-state index is 13.4. The number of halogens is 2. The van der Waals surface area contributed by atoms with E-state index < -0.39 is 0 Å². The second-order valence-electron chi connectivity index (χ2n) is 4.84.